The van der Waals surface area contributed by atoms with Crippen molar-refractivity contribution in [2.75, 3.05) is 18.4 Å². The fourth-order valence-electron chi connectivity index (χ4n) is 2.72. The highest BCUT2D eigenvalue weighted by atomic mass is 35.5. The summed E-state index contributed by atoms with van der Waals surface area (Å²) in [6, 6.07) is 22.5. The molecule has 0 amide bonds. The first-order valence-electron chi connectivity index (χ1n) is 9.26. The van der Waals surface area contributed by atoms with Crippen molar-refractivity contribution < 1.29 is 9.66 Å². The van der Waals surface area contributed by atoms with Gasteiger partial charge < -0.3 is 15.4 Å². The number of ether oxygens (including phenoxy) is 1. The van der Waals surface area contributed by atoms with Crippen LogP contribution in [0.15, 0.2) is 72.8 Å². The third kappa shape index (κ3) is 7.22. The standard InChI is InChI=1S/C22H22ClN3O3.ClH/c23-21-14-19(26(27)28)8-11-22(21)25-13-12-24-15-17-6-9-20(10-7-17)29-16-18-4-2-1-3-5-18;/h1-11,14,24-25H,12-13,15-16H2;1H. The summed E-state index contributed by atoms with van der Waals surface area (Å²) in [7, 11) is 0. The van der Waals surface area contributed by atoms with Gasteiger partial charge in [0.1, 0.15) is 12.4 Å². The topological polar surface area (TPSA) is 76.4 Å². The van der Waals surface area contributed by atoms with E-state index in [-0.39, 0.29) is 18.1 Å². The van der Waals surface area contributed by atoms with Crippen LogP contribution in [0.4, 0.5) is 11.4 Å². The minimum Gasteiger partial charge on any atom is -0.489 e. The average Bonchev–Trinajstić information content (AvgIpc) is 2.74. The van der Waals surface area contributed by atoms with Crippen molar-refractivity contribution in [3.8, 4) is 5.75 Å². The van der Waals surface area contributed by atoms with Crippen LogP contribution in [0.25, 0.3) is 0 Å². The summed E-state index contributed by atoms with van der Waals surface area (Å²) in [6.07, 6.45) is 0. The zero-order valence-corrected chi connectivity index (χ0v) is 17.8. The molecule has 0 radical (unpaired) electrons. The molecule has 2 N–H and O–H groups in total. The Morgan fingerprint density at radius 3 is 2.33 bits per heavy atom. The summed E-state index contributed by atoms with van der Waals surface area (Å²) in [4.78, 5) is 10.3. The van der Waals surface area contributed by atoms with Gasteiger partial charge >= 0.3 is 0 Å². The molecule has 0 atom stereocenters. The Labute approximate surface area is 186 Å². The Kier molecular flexibility index (Phi) is 9.41. The van der Waals surface area contributed by atoms with Crippen molar-refractivity contribution in [3.63, 3.8) is 0 Å². The Hall–Kier alpha value is -2.80. The van der Waals surface area contributed by atoms with Gasteiger partial charge in [0.15, 0.2) is 0 Å². The van der Waals surface area contributed by atoms with E-state index >= 15 is 0 Å². The van der Waals surface area contributed by atoms with Crippen molar-refractivity contribution in [2.24, 2.45) is 0 Å². The smallest absolute Gasteiger partial charge is 0.271 e. The number of nitro benzene ring substituents is 1. The lowest BCUT2D eigenvalue weighted by Gasteiger charge is -2.10. The van der Waals surface area contributed by atoms with Gasteiger partial charge in [0.25, 0.3) is 5.69 Å². The molecule has 0 aliphatic heterocycles. The maximum atomic E-state index is 10.7. The highest BCUT2D eigenvalue weighted by molar-refractivity contribution is 6.33. The van der Waals surface area contributed by atoms with Crippen molar-refractivity contribution in [1.29, 1.82) is 0 Å². The summed E-state index contributed by atoms with van der Waals surface area (Å²) in [5.74, 6) is 0.840. The third-order valence-corrected chi connectivity index (χ3v) is 4.59. The van der Waals surface area contributed by atoms with E-state index in [1.807, 2.05) is 54.6 Å². The van der Waals surface area contributed by atoms with Crippen molar-refractivity contribution in [2.45, 2.75) is 13.2 Å². The van der Waals surface area contributed by atoms with Gasteiger partial charge in [-0.3, -0.25) is 10.1 Å². The number of rotatable bonds is 10. The van der Waals surface area contributed by atoms with Crippen molar-refractivity contribution in [1.82, 2.24) is 5.32 Å². The molecule has 8 heteroatoms. The molecule has 158 valence electrons. The van der Waals surface area contributed by atoms with Gasteiger partial charge in [0.05, 0.1) is 15.6 Å². The lowest BCUT2D eigenvalue weighted by molar-refractivity contribution is -0.384. The lowest BCUT2D eigenvalue weighted by Crippen LogP contribution is -2.21. The number of hydrogen-bond donors (Lipinski definition) is 2. The van der Waals surface area contributed by atoms with E-state index in [1.54, 1.807) is 6.07 Å². The van der Waals surface area contributed by atoms with Crippen LogP contribution < -0.4 is 15.4 Å². The monoisotopic (exact) mass is 447 g/mol. The maximum absolute atomic E-state index is 10.7. The van der Waals surface area contributed by atoms with Crippen LogP contribution in [0, 0.1) is 10.1 Å². The fraction of sp³-hybridized carbons (Fsp3) is 0.182. The van der Waals surface area contributed by atoms with Gasteiger partial charge in [0, 0.05) is 31.8 Å². The Morgan fingerprint density at radius 2 is 1.67 bits per heavy atom. The van der Waals surface area contributed by atoms with Crippen LogP contribution in [0.2, 0.25) is 5.02 Å². The fourth-order valence-corrected chi connectivity index (χ4v) is 2.97. The van der Waals surface area contributed by atoms with Crippen LogP contribution in [-0.2, 0) is 13.2 Å². The largest absolute Gasteiger partial charge is 0.489 e. The summed E-state index contributed by atoms with van der Waals surface area (Å²) >= 11 is 6.06. The van der Waals surface area contributed by atoms with Crippen LogP contribution in [0.1, 0.15) is 11.1 Å². The number of hydrogen-bond acceptors (Lipinski definition) is 5. The molecule has 6 nitrogen and oxygen atoms in total. The second-order valence-corrected chi connectivity index (χ2v) is 6.85. The molecule has 0 aliphatic rings. The molecule has 0 saturated carbocycles. The number of benzene rings is 3. The van der Waals surface area contributed by atoms with Gasteiger partial charge in [-0.05, 0) is 29.3 Å². The molecule has 0 aliphatic carbocycles. The molecule has 3 rings (SSSR count). The molecule has 3 aromatic carbocycles. The predicted octanol–water partition coefficient (Wildman–Crippen LogP) is 5.45. The Balaban J connectivity index is 0.00000320. The van der Waals surface area contributed by atoms with E-state index in [4.69, 9.17) is 16.3 Å². The molecule has 0 unspecified atom stereocenters. The summed E-state index contributed by atoms with van der Waals surface area (Å²) in [6.45, 7) is 2.65. The lowest BCUT2D eigenvalue weighted by atomic mass is 10.2. The first-order chi connectivity index (χ1) is 14.1. The Morgan fingerprint density at radius 1 is 0.933 bits per heavy atom. The molecule has 0 spiro atoms. The first kappa shape index (κ1) is 23.5. The van der Waals surface area contributed by atoms with Crippen LogP contribution >= 0.6 is 24.0 Å². The number of nitrogens with one attached hydrogen (secondary N) is 2. The first-order valence-corrected chi connectivity index (χ1v) is 9.64. The molecule has 0 heterocycles. The second kappa shape index (κ2) is 12.0. The summed E-state index contributed by atoms with van der Waals surface area (Å²) < 4.78 is 5.79. The number of non-ortho nitro benzene ring substituents is 1. The van der Waals surface area contributed by atoms with E-state index < -0.39 is 4.92 Å². The van der Waals surface area contributed by atoms with Gasteiger partial charge in [-0.25, -0.2) is 0 Å². The van der Waals surface area contributed by atoms with Crippen molar-refractivity contribution in [3.05, 3.63) is 99.1 Å². The van der Waals surface area contributed by atoms with Crippen LogP contribution in [0.3, 0.4) is 0 Å². The van der Waals surface area contributed by atoms with Crippen LogP contribution in [0.5, 0.6) is 5.75 Å². The van der Waals surface area contributed by atoms with Crippen LogP contribution in [-0.4, -0.2) is 18.0 Å². The third-order valence-electron chi connectivity index (χ3n) is 4.28. The molecule has 3 aromatic rings. The van der Waals surface area contributed by atoms with Gasteiger partial charge in [-0.2, -0.15) is 0 Å². The number of nitro groups is 1. The second-order valence-electron chi connectivity index (χ2n) is 6.44. The predicted molar refractivity (Wildman–Crippen MR) is 123 cm³/mol. The maximum Gasteiger partial charge on any atom is 0.271 e. The summed E-state index contributed by atoms with van der Waals surface area (Å²) in [5.41, 5.74) is 2.96. The highest BCUT2D eigenvalue weighted by Gasteiger charge is 2.08. The van der Waals surface area contributed by atoms with Crippen molar-refractivity contribution >= 4 is 35.4 Å². The van der Waals surface area contributed by atoms with E-state index in [9.17, 15) is 10.1 Å². The minimum atomic E-state index is -0.463. The van der Waals surface area contributed by atoms with E-state index in [2.05, 4.69) is 10.6 Å². The molecule has 0 bridgehead atoms. The molecular weight excluding hydrogens is 425 g/mol. The van der Waals surface area contributed by atoms with E-state index in [1.165, 1.54) is 12.1 Å². The average molecular weight is 448 g/mol. The normalized spacial score (nSPS) is 10.2. The SMILES string of the molecule is Cl.O=[N+]([O-])c1ccc(NCCNCc2ccc(OCc3ccccc3)cc2)c(Cl)c1. The number of anilines is 1. The molecule has 0 saturated heterocycles. The number of halogens is 2. The number of nitrogens with zero attached hydrogens (tertiary/aromatic N) is 1. The van der Waals surface area contributed by atoms with Gasteiger partial charge in [-0.15, -0.1) is 12.4 Å². The zero-order chi connectivity index (χ0) is 20.5. The van der Waals surface area contributed by atoms with Gasteiger partial charge in [0.2, 0.25) is 0 Å². The molecular formula is C22H23Cl2N3O3. The van der Waals surface area contributed by atoms with E-state index in [0.717, 1.165) is 30.0 Å². The minimum absolute atomic E-state index is 0. The highest BCUT2D eigenvalue weighted by Crippen LogP contribution is 2.26. The molecule has 30 heavy (non-hydrogen) atoms. The molecule has 0 fully saturated rings. The zero-order valence-electron chi connectivity index (χ0n) is 16.2. The summed E-state index contributed by atoms with van der Waals surface area (Å²) in [5, 5.41) is 17.6. The quantitative estimate of drug-likeness (QED) is 0.245. The van der Waals surface area contributed by atoms with Gasteiger partial charge in [-0.1, -0.05) is 54.1 Å². The molecule has 0 aromatic heterocycles. The Bertz CT molecular complexity index is 938. The van der Waals surface area contributed by atoms with E-state index in [0.29, 0.717) is 23.9 Å².